The number of aliphatic hydroxyl groups is 3. The van der Waals surface area contributed by atoms with Gasteiger partial charge in [0.1, 0.15) is 24.4 Å². The zero-order valence-corrected chi connectivity index (χ0v) is 12.3. The van der Waals surface area contributed by atoms with Gasteiger partial charge in [-0.2, -0.15) is 0 Å². The average molecular weight is 311 g/mol. The topological polar surface area (TPSA) is 108 Å². The highest BCUT2D eigenvalue weighted by atomic mass is 16.7. The van der Waals surface area contributed by atoms with Gasteiger partial charge in [-0.3, -0.25) is 4.79 Å². The third-order valence-electron chi connectivity index (χ3n) is 3.51. The smallest absolute Gasteiger partial charge is 0.217 e. The highest BCUT2D eigenvalue weighted by molar-refractivity contribution is 5.73. The summed E-state index contributed by atoms with van der Waals surface area (Å²) in [6, 6.07) is 8.42. The second kappa shape index (κ2) is 7.66. The van der Waals surface area contributed by atoms with E-state index in [9.17, 15) is 20.1 Å². The van der Waals surface area contributed by atoms with E-state index >= 15 is 0 Å². The lowest BCUT2D eigenvalue weighted by molar-refractivity contribution is -0.273. The SMILES string of the molecule is CC(=O)N[C@H]1[C@@H](OCc2ccccc2)O[C@H](CO)[C@H](O)[C@@H]1O. The molecule has 7 heteroatoms. The van der Waals surface area contributed by atoms with Crippen LogP contribution in [-0.2, 0) is 20.9 Å². The number of amides is 1. The average Bonchev–Trinajstić information content (AvgIpc) is 2.52. The van der Waals surface area contributed by atoms with Gasteiger partial charge in [0, 0.05) is 6.92 Å². The highest BCUT2D eigenvalue weighted by Crippen LogP contribution is 2.23. The number of carbonyl (C=O) groups excluding carboxylic acids is 1. The summed E-state index contributed by atoms with van der Waals surface area (Å²) in [7, 11) is 0. The molecule has 0 radical (unpaired) electrons. The van der Waals surface area contributed by atoms with Gasteiger partial charge in [-0.05, 0) is 5.56 Å². The lowest BCUT2D eigenvalue weighted by atomic mass is 9.97. The predicted molar refractivity (Wildman–Crippen MR) is 76.6 cm³/mol. The zero-order chi connectivity index (χ0) is 16.1. The summed E-state index contributed by atoms with van der Waals surface area (Å²) < 4.78 is 11.1. The zero-order valence-electron chi connectivity index (χ0n) is 12.3. The van der Waals surface area contributed by atoms with Crippen LogP contribution in [0.2, 0.25) is 0 Å². The van der Waals surface area contributed by atoms with Crippen LogP contribution in [0.15, 0.2) is 30.3 Å². The predicted octanol–water partition coefficient (Wildman–Crippen LogP) is -0.853. The summed E-state index contributed by atoms with van der Waals surface area (Å²) in [5, 5.41) is 31.7. The molecule has 1 saturated heterocycles. The van der Waals surface area contributed by atoms with Crippen LogP contribution >= 0.6 is 0 Å². The Morgan fingerprint density at radius 3 is 2.55 bits per heavy atom. The van der Waals surface area contributed by atoms with Crippen LogP contribution in [0.5, 0.6) is 0 Å². The Labute approximate surface area is 128 Å². The minimum atomic E-state index is -1.31. The quantitative estimate of drug-likeness (QED) is 0.564. The van der Waals surface area contributed by atoms with Crippen molar-refractivity contribution < 1.29 is 29.6 Å². The first-order valence-electron chi connectivity index (χ1n) is 7.08. The Bertz CT molecular complexity index is 482. The minimum Gasteiger partial charge on any atom is -0.394 e. The highest BCUT2D eigenvalue weighted by Gasteiger charge is 2.45. The van der Waals surface area contributed by atoms with Gasteiger partial charge in [0.2, 0.25) is 5.91 Å². The number of rotatable bonds is 5. The molecule has 0 aromatic heterocycles. The summed E-state index contributed by atoms with van der Waals surface area (Å²) in [5.41, 5.74) is 0.897. The Balaban J connectivity index is 2.07. The van der Waals surface area contributed by atoms with Crippen molar-refractivity contribution in [1.29, 1.82) is 0 Å². The summed E-state index contributed by atoms with van der Waals surface area (Å²) in [6.07, 6.45) is -4.55. The fraction of sp³-hybridized carbons (Fsp3) is 0.533. The Hall–Kier alpha value is -1.51. The fourth-order valence-corrected chi connectivity index (χ4v) is 2.37. The Morgan fingerprint density at radius 1 is 1.27 bits per heavy atom. The standard InChI is InChI=1S/C15H21NO6/c1-9(18)16-12-14(20)13(19)11(7-17)22-15(12)21-8-10-5-3-2-4-6-10/h2-6,11-15,17,19-20H,7-8H2,1H3,(H,16,18)/t11-,12-,13+,14-,15+/m1/s1. The Kier molecular flexibility index (Phi) is 5.87. The molecule has 5 atom stereocenters. The molecule has 0 saturated carbocycles. The van der Waals surface area contributed by atoms with E-state index in [0.717, 1.165) is 5.56 Å². The van der Waals surface area contributed by atoms with Crippen molar-refractivity contribution in [2.75, 3.05) is 6.61 Å². The van der Waals surface area contributed by atoms with Crippen molar-refractivity contribution in [1.82, 2.24) is 5.32 Å². The van der Waals surface area contributed by atoms with Gasteiger partial charge in [0.15, 0.2) is 6.29 Å². The third kappa shape index (κ3) is 4.02. The van der Waals surface area contributed by atoms with Crippen LogP contribution in [0, 0.1) is 0 Å². The van der Waals surface area contributed by atoms with Crippen molar-refractivity contribution in [3.05, 3.63) is 35.9 Å². The van der Waals surface area contributed by atoms with Gasteiger partial charge in [-0.15, -0.1) is 0 Å². The molecule has 0 aliphatic carbocycles. The lowest BCUT2D eigenvalue weighted by Gasteiger charge is -2.42. The molecule has 122 valence electrons. The van der Waals surface area contributed by atoms with Gasteiger partial charge >= 0.3 is 0 Å². The number of nitrogens with one attached hydrogen (secondary N) is 1. The maximum atomic E-state index is 11.3. The van der Waals surface area contributed by atoms with E-state index in [1.54, 1.807) is 0 Å². The molecular formula is C15H21NO6. The van der Waals surface area contributed by atoms with Crippen molar-refractivity contribution in [3.8, 4) is 0 Å². The van der Waals surface area contributed by atoms with E-state index in [2.05, 4.69) is 5.32 Å². The van der Waals surface area contributed by atoms with E-state index in [4.69, 9.17) is 9.47 Å². The summed E-state index contributed by atoms with van der Waals surface area (Å²) in [6.45, 7) is 1.05. The molecule has 0 unspecified atom stereocenters. The maximum absolute atomic E-state index is 11.3. The molecule has 0 bridgehead atoms. The van der Waals surface area contributed by atoms with Crippen molar-refractivity contribution in [2.24, 2.45) is 0 Å². The van der Waals surface area contributed by atoms with Gasteiger partial charge in [-0.25, -0.2) is 0 Å². The molecule has 1 fully saturated rings. The second-order valence-corrected chi connectivity index (χ2v) is 5.23. The lowest BCUT2D eigenvalue weighted by Crippen LogP contribution is -2.64. The van der Waals surface area contributed by atoms with Crippen molar-refractivity contribution in [2.45, 2.75) is 44.2 Å². The Morgan fingerprint density at radius 2 is 1.95 bits per heavy atom. The first-order valence-corrected chi connectivity index (χ1v) is 7.08. The van der Waals surface area contributed by atoms with Gasteiger partial charge < -0.3 is 30.1 Å². The van der Waals surface area contributed by atoms with Crippen LogP contribution in [0.4, 0.5) is 0 Å². The van der Waals surface area contributed by atoms with Crippen LogP contribution < -0.4 is 5.32 Å². The molecule has 1 aromatic rings. The van der Waals surface area contributed by atoms with Crippen molar-refractivity contribution in [3.63, 3.8) is 0 Å². The molecule has 22 heavy (non-hydrogen) atoms. The first-order chi connectivity index (χ1) is 10.5. The van der Waals surface area contributed by atoms with Gasteiger partial charge in [-0.1, -0.05) is 30.3 Å². The fourth-order valence-electron chi connectivity index (χ4n) is 2.37. The van der Waals surface area contributed by atoms with Crippen molar-refractivity contribution >= 4 is 5.91 Å². The number of ether oxygens (including phenoxy) is 2. The molecule has 1 aliphatic heterocycles. The number of benzene rings is 1. The first kappa shape index (κ1) is 16.9. The summed E-state index contributed by atoms with van der Waals surface area (Å²) in [4.78, 5) is 11.3. The van der Waals surface area contributed by atoms with E-state index in [-0.39, 0.29) is 12.5 Å². The third-order valence-corrected chi connectivity index (χ3v) is 3.51. The molecule has 0 spiro atoms. The van der Waals surface area contributed by atoms with Crippen LogP contribution in [0.3, 0.4) is 0 Å². The molecule has 1 aliphatic rings. The van der Waals surface area contributed by atoms with Crippen LogP contribution in [0.25, 0.3) is 0 Å². The normalized spacial score (nSPS) is 31.7. The largest absolute Gasteiger partial charge is 0.394 e. The van der Waals surface area contributed by atoms with E-state index in [1.165, 1.54) is 6.92 Å². The molecule has 7 nitrogen and oxygen atoms in total. The summed E-state index contributed by atoms with van der Waals surface area (Å²) >= 11 is 0. The monoisotopic (exact) mass is 311 g/mol. The van der Waals surface area contributed by atoms with Gasteiger partial charge in [0.25, 0.3) is 0 Å². The van der Waals surface area contributed by atoms with Crippen LogP contribution in [0.1, 0.15) is 12.5 Å². The number of hydrogen-bond donors (Lipinski definition) is 4. The number of carbonyl (C=O) groups is 1. The van der Waals surface area contributed by atoms with Crippen LogP contribution in [-0.4, -0.2) is 58.5 Å². The molecule has 4 N–H and O–H groups in total. The number of aliphatic hydroxyl groups excluding tert-OH is 3. The molecule has 2 rings (SSSR count). The van der Waals surface area contributed by atoms with Gasteiger partial charge in [0.05, 0.1) is 13.2 Å². The maximum Gasteiger partial charge on any atom is 0.217 e. The van der Waals surface area contributed by atoms with E-state index in [1.807, 2.05) is 30.3 Å². The molecule has 1 heterocycles. The second-order valence-electron chi connectivity index (χ2n) is 5.23. The minimum absolute atomic E-state index is 0.211. The van der Waals surface area contributed by atoms with E-state index in [0.29, 0.717) is 0 Å². The summed E-state index contributed by atoms with van der Waals surface area (Å²) in [5.74, 6) is -0.379. The molecule has 1 amide bonds. The number of hydrogen-bond acceptors (Lipinski definition) is 6. The molecule has 1 aromatic carbocycles. The molecular weight excluding hydrogens is 290 g/mol. The van der Waals surface area contributed by atoms with E-state index < -0.39 is 37.3 Å².